The van der Waals surface area contributed by atoms with Crippen LogP contribution in [0.1, 0.15) is 26.5 Å². The van der Waals surface area contributed by atoms with Gasteiger partial charge in [0.2, 0.25) is 0 Å². The maximum absolute atomic E-state index is 12.3. The number of methoxy groups -OCH3 is 1. The number of hydrogen-bond acceptors (Lipinski definition) is 7. The van der Waals surface area contributed by atoms with E-state index < -0.39 is 16.7 Å². The molecule has 0 aliphatic rings. The molecule has 30 heavy (non-hydrogen) atoms. The fourth-order valence-electron chi connectivity index (χ4n) is 2.38. The van der Waals surface area contributed by atoms with E-state index in [-0.39, 0.29) is 11.7 Å². The van der Waals surface area contributed by atoms with Crippen LogP contribution in [-0.4, -0.2) is 30.1 Å². The Morgan fingerprint density at radius 2 is 1.63 bits per heavy atom. The van der Waals surface area contributed by atoms with E-state index in [0.717, 1.165) is 6.21 Å². The summed E-state index contributed by atoms with van der Waals surface area (Å²) >= 11 is 0. The molecule has 0 radical (unpaired) electrons. The number of nitrogens with zero attached hydrogens (tertiary/aromatic N) is 2. The van der Waals surface area contributed by atoms with E-state index in [0.29, 0.717) is 22.6 Å². The van der Waals surface area contributed by atoms with Crippen molar-refractivity contribution in [2.75, 3.05) is 12.4 Å². The van der Waals surface area contributed by atoms with E-state index in [9.17, 15) is 19.7 Å². The number of hydrazone groups is 1. The highest BCUT2D eigenvalue weighted by Crippen LogP contribution is 2.15. The van der Waals surface area contributed by atoms with Crippen molar-refractivity contribution < 1.29 is 23.7 Å². The summed E-state index contributed by atoms with van der Waals surface area (Å²) < 4.78 is 9.94. The average molecular weight is 408 g/mol. The van der Waals surface area contributed by atoms with Gasteiger partial charge in [-0.1, -0.05) is 0 Å². The average Bonchev–Trinajstić information content (AvgIpc) is 3.23. The summed E-state index contributed by atoms with van der Waals surface area (Å²) in [4.78, 5) is 34.2. The van der Waals surface area contributed by atoms with Crippen LogP contribution < -0.4 is 15.5 Å². The highest BCUT2D eigenvalue weighted by atomic mass is 16.6. The molecule has 0 aliphatic carbocycles. The zero-order valence-electron chi connectivity index (χ0n) is 15.7. The smallest absolute Gasteiger partial charge is 0.433 e. The lowest BCUT2D eigenvalue weighted by molar-refractivity contribution is -0.402. The van der Waals surface area contributed by atoms with Gasteiger partial charge in [-0.3, -0.25) is 19.7 Å². The number of furan rings is 1. The monoisotopic (exact) mass is 408 g/mol. The lowest BCUT2D eigenvalue weighted by Crippen LogP contribution is -2.17. The topological polar surface area (TPSA) is 136 Å². The van der Waals surface area contributed by atoms with Gasteiger partial charge in [-0.15, -0.1) is 0 Å². The molecule has 0 saturated heterocycles. The van der Waals surface area contributed by atoms with Crippen LogP contribution in [0.3, 0.4) is 0 Å². The summed E-state index contributed by atoms with van der Waals surface area (Å²) in [6.07, 6.45) is 1.15. The molecule has 10 heteroatoms. The lowest BCUT2D eigenvalue weighted by Gasteiger charge is -2.07. The van der Waals surface area contributed by atoms with Crippen LogP contribution in [0.15, 0.2) is 70.2 Å². The molecule has 0 unspecified atom stereocenters. The molecule has 1 aromatic heterocycles. The van der Waals surface area contributed by atoms with Crippen molar-refractivity contribution in [1.82, 2.24) is 5.43 Å². The second kappa shape index (κ2) is 9.15. The Labute approximate surface area is 170 Å². The number of ether oxygens (including phenoxy) is 1. The number of carbonyl (C=O) groups is 2. The number of carbonyl (C=O) groups excluding carboxylic acids is 2. The molecule has 2 N–H and O–H groups in total. The van der Waals surface area contributed by atoms with Gasteiger partial charge >= 0.3 is 5.88 Å². The van der Waals surface area contributed by atoms with Gasteiger partial charge in [0.15, 0.2) is 5.76 Å². The van der Waals surface area contributed by atoms with E-state index in [1.807, 2.05) is 0 Å². The molecule has 3 rings (SSSR count). The summed E-state index contributed by atoms with van der Waals surface area (Å²) in [6, 6.07) is 15.4. The highest BCUT2D eigenvalue weighted by molar-refractivity contribution is 6.04. The first-order chi connectivity index (χ1) is 14.5. The standard InChI is InChI=1S/C20H16N4O6/c1-29-16-8-4-13(5-9-16)19(25)22-15-6-2-14(3-7-15)20(26)23-21-12-17-10-11-18(30-17)24(27)28/h2-12H,1H3,(H,22,25)(H,23,26)/b21-12+. The van der Waals surface area contributed by atoms with Gasteiger partial charge in [0, 0.05) is 16.8 Å². The minimum atomic E-state index is -0.676. The zero-order chi connectivity index (χ0) is 21.5. The number of anilines is 1. The molecule has 2 aromatic carbocycles. The van der Waals surface area contributed by atoms with Gasteiger partial charge < -0.3 is 14.5 Å². The molecule has 0 saturated carbocycles. The van der Waals surface area contributed by atoms with Crippen LogP contribution >= 0.6 is 0 Å². The Hall–Kier alpha value is -4.47. The fourth-order valence-corrected chi connectivity index (χ4v) is 2.38. The van der Waals surface area contributed by atoms with Gasteiger partial charge in [0.1, 0.15) is 10.7 Å². The molecule has 1 heterocycles. The number of nitrogens with one attached hydrogen (secondary N) is 2. The van der Waals surface area contributed by atoms with E-state index in [1.54, 1.807) is 43.5 Å². The second-order valence-corrected chi connectivity index (χ2v) is 5.89. The summed E-state index contributed by atoms with van der Waals surface area (Å²) in [7, 11) is 1.54. The Morgan fingerprint density at radius 3 is 2.23 bits per heavy atom. The molecular formula is C20H16N4O6. The first kappa shape index (κ1) is 20.3. The normalized spacial score (nSPS) is 10.6. The molecule has 3 aromatic rings. The number of amides is 2. The molecule has 0 spiro atoms. The van der Waals surface area contributed by atoms with Crippen LogP contribution in [0.25, 0.3) is 0 Å². The predicted molar refractivity (Wildman–Crippen MR) is 108 cm³/mol. The van der Waals surface area contributed by atoms with Crippen molar-refractivity contribution in [3.63, 3.8) is 0 Å². The third-order valence-corrected chi connectivity index (χ3v) is 3.91. The first-order valence-corrected chi connectivity index (χ1v) is 8.59. The van der Waals surface area contributed by atoms with Crippen LogP contribution in [-0.2, 0) is 0 Å². The van der Waals surface area contributed by atoms with E-state index >= 15 is 0 Å². The molecule has 152 valence electrons. The van der Waals surface area contributed by atoms with Crippen molar-refractivity contribution in [1.29, 1.82) is 0 Å². The van der Waals surface area contributed by atoms with Crippen molar-refractivity contribution in [3.05, 3.63) is 87.7 Å². The molecule has 10 nitrogen and oxygen atoms in total. The molecule has 2 amide bonds. The molecule has 0 aliphatic heterocycles. The van der Waals surface area contributed by atoms with E-state index in [4.69, 9.17) is 9.15 Å². The minimum absolute atomic E-state index is 0.124. The summed E-state index contributed by atoms with van der Waals surface area (Å²) in [5.41, 5.74) is 3.57. The Kier molecular flexibility index (Phi) is 6.18. The Bertz CT molecular complexity index is 1090. The quantitative estimate of drug-likeness (QED) is 0.350. The van der Waals surface area contributed by atoms with Crippen molar-refractivity contribution in [2.45, 2.75) is 0 Å². The molecule has 0 atom stereocenters. The van der Waals surface area contributed by atoms with E-state index in [2.05, 4.69) is 15.8 Å². The summed E-state index contributed by atoms with van der Waals surface area (Å²) in [5.74, 6) is -0.448. The minimum Gasteiger partial charge on any atom is -0.497 e. The number of benzene rings is 2. The van der Waals surface area contributed by atoms with Crippen molar-refractivity contribution >= 4 is 29.6 Å². The van der Waals surface area contributed by atoms with Gasteiger partial charge in [0.05, 0.1) is 19.4 Å². The Balaban J connectivity index is 1.56. The fraction of sp³-hybridized carbons (Fsp3) is 0.0500. The first-order valence-electron chi connectivity index (χ1n) is 8.59. The van der Waals surface area contributed by atoms with Crippen LogP contribution in [0.2, 0.25) is 0 Å². The van der Waals surface area contributed by atoms with E-state index in [1.165, 1.54) is 24.3 Å². The van der Waals surface area contributed by atoms with Gasteiger partial charge in [-0.25, -0.2) is 5.43 Å². The van der Waals surface area contributed by atoms with Crippen molar-refractivity contribution in [3.8, 4) is 5.75 Å². The summed E-state index contributed by atoms with van der Waals surface area (Å²) in [6.45, 7) is 0. The number of hydrogen-bond donors (Lipinski definition) is 2. The SMILES string of the molecule is COc1ccc(C(=O)Nc2ccc(C(=O)N/N=C/c3ccc([N+](=O)[O-])o3)cc2)cc1. The Morgan fingerprint density at radius 1 is 1.00 bits per heavy atom. The lowest BCUT2D eigenvalue weighted by atomic mass is 10.1. The second-order valence-electron chi connectivity index (χ2n) is 5.89. The number of nitro groups is 1. The molecule has 0 bridgehead atoms. The highest BCUT2D eigenvalue weighted by Gasteiger charge is 2.11. The zero-order valence-corrected chi connectivity index (χ0v) is 15.7. The van der Waals surface area contributed by atoms with Crippen LogP contribution in [0, 0.1) is 10.1 Å². The van der Waals surface area contributed by atoms with Gasteiger partial charge in [-0.2, -0.15) is 5.10 Å². The summed E-state index contributed by atoms with van der Waals surface area (Å²) in [5, 5.41) is 17.0. The molecular weight excluding hydrogens is 392 g/mol. The predicted octanol–water partition coefficient (Wildman–Crippen LogP) is 3.21. The maximum atomic E-state index is 12.3. The third kappa shape index (κ3) is 5.07. The molecule has 0 fully saturated rings. The third-order valence-electron chi connectivity index (χ3n) is 3.91. The van der Waals surface area contributed by atoms with Crippen LogP contribution in [0.5, 0.6) is 5.75 Å². The number of rotatable bonds is 7. The van der Waals surface area contributed by atoms with Gasteiger partial charge in [0.25, 0.3) is 11.8 Å². The van der Waals surface area contributed by atoms with Gasteiger partial charge in [-0.05, 0) is 54.6 Å². The van der Waals surface area contributed by atoms with Crippen LogP contribution in [0.4, 0.5) is 11.6 Å². The van der Waals surface area contributed by atoms with Crippen molar-refractivity contribution in [2.24, 2.45) is 5.10 Å². The maximum Gasteiger partial charge on any atom is 0.433 e. The largest absolute Gasteiger partial charge is 0.497 e.